The topological polar surface area (TPSA) is 15.3 Å². The van der Waals surface area contributed by atoms with Crippen molar-refractivity contribution < 1.29 is 0 Å². The second-order valence-electron chi connectivity index (χ2n) is 6.52. The van der Waals surface area contributed by atoms with Gasteiger partial charge in [-0.15, -0.1) is 0 Å². The first-order valence-electron chi connectivity index (χ1n) is 8.56. The zero-order valence-electron chi connectivity index (χ0n) is 14.8. The van der Waals surface area contributed by atoms with Crippen molar-refractivity contribution in [2.24, 2.45) is 0 Å². The maximum atomic E-state index is 3.65. The SMILES string of the molecule is CCCN(CC(NCC)c1ccc(C(C)C)cc1)C(C)C. The maximum absolute atomic E-state index is 3.65. The van der Waals surface area contributed by atoms with Crippen LogP contribution in [0.15, 0.2) is 24.3 Å². The van der Waals surface area contributed by atoms with Gasteiger partial charge in [0.25, 0.3) is 0 Å². The summed E-state index contributed by atoms with van der Waals surface area (Å²) in [4.78, 5) is 2.57. The lowest BCUT2D eigenvalue weighted by atomic mass is 9.98. The molecule has 1 atom stereocenters. The highest BCUT2D eigenvalue weighted by Gasteiger charge is 2.17. The standard InChI is InChI=1S/C19H34N2/c1-7-13-21(16(5)6)14-19(20-8-2)18-11-9-17(10-12-18)15(3)4/h9-12,15-16,19-20H,7-8,13-14H2,1-6H3. The highest BCUT2D eigenvalue weighted by Crippen LogP contribution is 2.20. The third-order valence-corrected chi connectivity index (χ3v) is 4.11. The van der Waals surface area contributed by atoms with Gasteiger partial charge in [0.1, 0.15) is 0 Å². The maximum Gasteiger partial charge on any atom is 0.0449 e. The van der Waals surface area contributed by atoms with Crippen LogP contribution in [0.4, 0.5) is 0 Å². The summed E-state index contributed by atoms with van der Waals surface area (Å²) in [6, 6.07) is 10.2. The van der Waals surface area contributed by atoms with E-state index in [1.165, 1.54) is 24.1 Å². The van der Waals surface area contributed by atoms with Crippen molar-refractivity contribution in [2.75, 3.05) is 19.6 Å². The van der Waals surface area contributed by atoms with Crippen LogP contribution >= 0.6 is 0 Å². The first-order valence-corrected chi connectivity index (χ1v) is 8.56. The number of hydrogen-bond acceptors (Lipinski definition) is 2. The molecule has 0 saturated heterocycles. The van der Waals surface area contributed by atoms with Gasteiger partial charge in [-0.25, -0.2) is 0 Å². The summed E-state index contributed by atoms with van der Waals surface area (Å²) < 4.78 is 0. The molecule has 2 nitrogen and oxygen atoms in total. The van der Waals surface area contributed by atoms with E-state index >= 15 is 0 Å². The second kappa shape index (κ2) is 9.22. The largest absolute Gasteiger partial charge is 0.309 e. The van der Waals surface area contributed by atoms with Crippen LogP contribution in [0.2, 0.25) is 0 Å². The lowest BCUT2D eigenvalue weighted by molar-refractivity contribution is 0.198. The van der Waals surface area contributed by atoms with Gasteiger partial charge in [0.05, 0.1) is 0 Å². The van der Waals surface area contributed by atoms with E-state index in [2.05, 4.69) is 76.0 Å². The monoisotopic (exact) mass is 290 g/mol. The predicted octanol–water partition coefficient (Wildman–Crippen LogP) is 4.58. The summed E-state index contributed by atoms with van der Waals surface area (Å²) in [6.45, 7) is 16.8. The first kappa shape index (κ1) is 18.2. The Morgan fingerprint density at radius 3 is 1.95 bits per heavy atom. The van der Waals surface area contributed by atoms with Gasteiger partial charge < -0.3 is 5.32 Å². The smallest absolute Gasteiger partial charge is 0.0449 e. The first-order chi connectivity index (χ1) is 9.99. The van der Waals surface area contributed by atoms with Gasteiger partial charge >= 0.3 is 0 Å². The molecule has 1 aromatic rings. The molecule has 0 heterocycles. The Labute approximate surface area is 131 Å². The van der Waals surface area contributed by atoms with Crippen LogP contribution in [0.1, 0.15) is 71.0 Å². The van der Waals surface area contributed by atoms with E-state index in [-0.39, 0.29) is 0 Å². The number of benzene rings is 1. The van der Waals surface area contributed by atoms with Crippen LogP contribution in [-0.2, 0) is 0 Å². The van der Waals surface area contributed by atoms with E-state index in [0.717, 1.165) is 13.1 Å². The molecule has 0 aliphatic rings. The van der Waals surface area contributed by atoms with Crippen molar-refractivity contribution in [3.05, 3.63) is 35.4 Å². The highest BCUT2D eigenvalue weighted by atomic mass is 15.2. The van der Waals surface area contributed by atoms with Crippen molar-refractivity contribution in [1.82, 2.24) is 10.2 Å². The van der Waals surface area contributed by atoms with E-state index in [1.54, 1.807) is 0 Å². The van der Waals surface area contributed by atoms with Crippen LogP contribution in [-0.4, -0.2) is 30.6 Å². The zero-order valence-corrected chi connectivity index (χ0v) is 14.8. The molecule has 0 aromatic heterocycles. The average molecular weight is 290 g/mol. The second-order valence-corrected chi connectivity index (χ2v) is 6.52. The molecular formula is C19H34N2. The Hall–Kier alpha value is -0.860. The molecule has 0 amide bonds. The van der Waals surface area contributed by atoms with Crippen molar-refractivity contribution in [2.45, 2.75) is 66.0 Å². The minimum Gasteiger partial charge on any atom is -0.309 e. The predicted molar refractivity (Wildman–Crippen MR) is 93.9 cm³/mol. The molecule has 21 heavy (non-hydrogen) atoms. The molecular weight excluding hydrogens is 256 g/mol. The lowest BCUT2D eigenvalue weighted by Crippen LogP contribution is -2.39. The van der Waals surface area contributed by atoms with Crippen LogP contribution in [0.25, 0.3) is 0 Å². The quantitative estimate of drug-likeness (QED) is 0.716. The fourth-order valence-electron chi connectivity index (χ4n) is 2.73. The Bertz CT molecular complexity index is 381. The molecule has 1 aromatic carbocycles. The summed E-state index contributed by atoms with van der Waals surface area (Å²) in [7, 11) is 0. The molecule has 0 aliphatic heterocycles. The van der Waals surface area contributed by atoms with Crippen LogP contribution in [0, 0.1) is 0 Å². The molecule has 0 bridgehead atoms. The zero-order chi connectivity index (χ0) is 15.8. The number of hydrogen-bond donors (Lipinski definition) is 1. The van der Waals surface area contributed by atoms with Gasteiger partial charge in [0, 0.05) is 18.6 Å². The van der Waals surface area contributed by atoms with Crippen molar-refractivity contribution in [3.63, 3.8) is 0 Å². The molecule has 0 saturated carbocycles. The fourth-order valence-corrected chi connectivity index (χ4v) is 2.73. The highest BCUT2D eigenvalue weighted by molar-refractivity contribution is 5.27. The number of rotatable bonds is 9. The van der Waals surface area contributed by atoms with E-state index < -0.39 is 0 Å². The molecule has 1 N–H and O–H groups in total. The van der Waals surface area contributed by atoms with Crippen molar-refractivity contribution >= 4 is 0 Å². The number of nitrogens with one attached hydrogen (secondary N) is 1. The molecule has 2 heteroatoms. The molecule has 1 rings (SSSR count). The Balaban J connectivity index is 2.84. The van der Waals surface area contributed by atoms with Gasteiger partial charge in [-0.05, 0) is 50.4 Å². The molecule has 120 valence electrons. The van der Waals surface area contributed by atoms with E-state index in [0.29, 0.717) is 18.0 Å². The van der Waals surface area contributed by atoms with Gasteiger partial charge in [-0.3, -0.25) is 4.90 Å². The lowest BCUT2D eigenvalue weighted by Gasteiger charge is -2.31. The Kier molecular flexibility index (Phi) is 7.98. The van der Waals surface area contributed by atoms with E-state index in [1.807, 2.05) is 0 Å². The van der Waals surface area contributed by atoms with E-state index in [4.69, 9.17) is 0 Å². The Morgan fingerprint density at radius 1 is 0.952 bits per heavy atom. The minimum atomic E-state index is 0.421. The van der Waals surface area contributed by atoms with Gasteiger partial charge in [-0.2, -0.15) is 0 Å². The fraction of sp³-hybridized carbons (Fsp3) is 0.684. The Morgan fingerprint density at radius 2 is 1.52 bits per heavy atom. The normalized spacial score (nSPS) is 13.4. The van der Waals surface area contributed by atoms with E-state index in [9.17, 15) is 0 Å². The molecule has 0 aliphatic carbocycles. The minimum absolute atomic E-state index is 0.421. The van der Waals surface area contributed by atoms with Crippen LogP contribution in [0.5, 0.6) is 0 Å². The number of likely N-dealkylation sites (N-methyl/N-ethyl adjacent to an activating group) is 1. The summed E-state index contributed by atoms with van der Waals surface area (Å²) in [5.41, 5.74) is 2.83. The van der Waals surface area contributed by atoms with Crippen LogP contribution < -0.4 is 5.32 Å². The third-order valence-electron chi connectivity index (χ3n) is 4.11. The number of nitrogens with zero attached hydrogens (tertiary/aromatic N) is 1. The molecule has 1 unspecified atom stereocenters. The summed E-state index contributed by atoms with van der Waals surface area (Å²) in [6.07, 6.45) is 1.21. The molecule has 0 radical (unpaired) electrons. The van der Waals surface area contributed by atoms with Crippen LogP contribution in [0.3, 0.4) is 0 Å². The summed E-state index contributed by atoms with van der Waals surface area (Å²) in [5.74, 6) is 0.601. The van der Waals surface area contributed by atoms with Gasteiger partial charge in [-0.1, -0.05) is 52.0 Å². The average Bonchev–Trinajstić information content (AvgIpc) is 2.46. The third kappa shape index (κ3) is 5.80. The molecule has 0 fully saturated rings. The van der Waals surface area contributed by atoms with Gasteiger partial charge in [0.2, 0.25) is 0 Å². The summed E-state index contributed by atoms with van der Waals surface area (Å²) in [5, 5.41) is 3.65. The van der Waals surface area contributed by atoms with Gasteiger partial charge in [0.15, 0.2) is 0 Å². The summed E-state index contributed by atoms with van der Waals surface area (Å²) >= 11 is 0. The van der Waals surface area contributed by atoms with Crippen molar-refractivity contribution in [1.29, 1.82) is 0 Å². The van der Waals surface area contributed by atoms with Crippen molar-refractivity contribution in [3.8, 4) is 0 Å². The molecule has 0 spiro atoms.